The van der Waals surface area contributed by atoms with E-state index in [0.717, 1.165) is 29.8 Å². The minimum atomic E-state index is -0.0192. The maximum atomic E-state index is 12.2. The standard InChI is InChI=1S/C19H31NO2/c1-6-8-9-13-22-18-15(7-2)11-10-12-16(18)20-17(21)14-19(3,4)5/h10-12H,6-9,13-14H2,1-5H3,(H,20,21). The van der Waals surface area contributed by atoms with E-state index in [1.54, 1.807) is 0 Å². The Morgan fingerprint density at radius 2 is 1.91 bits per heavy atom. The lowest BCUT2D eigenvalue weighted by molar-refractivity contribution is -0.117. The van der Waals surface area contributed by atoms with Crippen molar-refractivity contribution in [3.05, 3.63) is 23.8 Å². The Kier molecular flexibility index (Phi) is 7.43. The normalized spacial score (nSPS) is 11.3. The molecule has 22 heavy (non-hydrogen) atoms. The van der Waals surface area contributed by atoms with Gasteiger partial charge in [0.05, 0.1) is 12.3 Å². The molecule has 0 saturated carbocycles. The first-order valence-corrected chi connectivity index (χ1v) is 8.42. The topological polar surface area (TPSA) is 38.3 Å². The molecule has 0 bridgehead atoms. The van der Waals surface area contributed by atoms with Crippen molar-refractivity contribution in [3.8, 4) is 5.75 Å². The van der Waals surface area contributed by atoms with Crippen LogP contribution in [0.2, 0.25) is 0 Å². The number of ether oxygens (including phenoxy) is 1. The monoisotopic (exact) mass is 305 g/mol. The lowest BCUT2D eigenvalue weighted by Crippen LogP contribution is -2.20. The van der Waals surface area contributed by atoms with Crippen molar-refractivity contribution in [2.45, 2.75) is 66.7 Å². The minimum Gasteiger partial charge on any atom is -0.491 e. The van der Waals surface area contributed by atoms with Crippen LogP contribution < -0.4 is 10.1 Å². The summed E-state index contributed by atoms with van der Waals surface area (Å²) in [6.45, 7) is 11.2. The maximum absolute atomic E-state index is 12.2. The number of aryl methyl sites for hydroxylation is 1. The van der Waals surface area contributed by atoms with Crippen LogP contribution in [0.25, 0.3) is 0 Å². The van der Waals surface area contributed by atoms with Gasteiger partial charge in [-0.15, -0.1) is 0 Å². The molecule has 1 amide bonds. The van der Waals surface area contributed by atoms with Gasteiger partial charge in [-0.2, -0.15) is 0 Å². The van der Waals surface area contributed by atoms with Crippen LogP contribution in [0.5, 0.6) is 5.75 Å². The Labute approximate surface area is 135 Å². The quantitative estimate of drug-likeness (QED) is 0.671. The Hall–Kier alpha value is -1.51. The average molecular weight is 305 g/mol. The SMILES string of the molecule is CCCCCOc1c(CC)cccc1NC(=O)CC(C)(C)C. The number of carbonyl (C=O) groups excluding carboxylic acids is 1. The number of rotatable bonds is 8. The van der Waals surface area contributed by atoms with E-state index in [4.69, 9.17) is 4.74 Å². The highest BCUT2D eigenvalue weighted by Gasteiger charge is 2.18. The summed E-state index contributed by atoms with van der Waals surface area (Å²) in [5.74, 6) is 0.877. The molecule has 0 fully saturated rings. The molecule has 1 N–H and O–H groups in total. The highest BCUT2D eigenvalue weighted by Crippen LogP contribution is 2.30. The molecule has 3 nitrogen and oxygen atoms in total. The molecule has 0 radical (unpaired) electrons. The van der Waals surface area contributed by atoms with Gasteiger partial charge in [-0.3, -0.25) is 4.79 Å². The van der Waals surface area contributed by atoms with E-state index in [0.29, 0.717) is 13.0 Å². The smallest absolute Gasteiger partial charge is 0.224 e. The molecule has 0 unspecified atom stereocenters. The molecule has 0 aliphatic heterocycles. The number of nitrogens with one attached hydrogen (secondary N) is 1. The summed E-state index contributed by atoms with van der Waals surface area (Å²) in [5, 5.41) is 3.02. The summed E-state index contributed by atoms with van der Waals surface area (Å²) < 4.78 is 5.98. The molecule has 1 aromatic carbocycles. The molecule has 0 aliphatic rings. The number of anilines is 1. The number of carbonyl (C=O) groups is 1. The van der Waals surface area contributed by atoms with Gasteiger partial charge in [-0.25, -0.2) is 0 Å². The Morgan fingerprint density at radius 3 is 2.50 bits per heavy atom. The third kappa shape index (κ3) is 6.50. The zero-order chi connectivity index (χ0) is 16.6. The largest absolute Gasteiger partial charge is 0.491 e. The molecule has 0 spiro atoms. The van der Waals surface area contributed by atoms with E-state index in [1.807, 2.05) is 12.1 Å². The molecule has 0 aromatic heterocycles. The summed E-state index contributed by atoms with van der Waals surface area (Å²) in [7, 11) is 0. The van der Waals surface area contributed by atoms with Gasteiger partial charge < -0.3 is 10.1 Å². The number of hydrogen-bond acceptors (Lipinski definition) is 2. The molecule has 1 aromatic rings. The third-order valence-corrected chi connectivity index (χ3v) is 3.44. The molecule has 0 aliphatic carbocycles. The first kappa shape index (κ1) is 18.5. The van der Waals surface area contributed by atoms with Crippen molar-refractivity contribution < 1.29 is 9.53 Å². The van der Waals surface area contributed by atoms with Crippen molar-refractivity contribution in [2.75, 3.05) is 11.9 Å². The Balaban J connectivity index is 2.82. The van der Waals surface area contributed by atoms with Crippen LogP contribution >= 0.6 is 0 Å². The molecule has 0 saturated heterocycles. The van der Waals surface area contributed by atoms with Crippen molar-refractivity contribution in [3.63, 3.8) is 0 Å². The van der Waals surface area contributed by atoms with Crippen molar-refractivity contribution in [1.29, 1.82) is 0 Å². The summed E-state index contributed by atoms with van der Waals surface area (Å²) >= 11 is 0. The number of hydrogen-bond donors (Lipinski definition) is 1. The van der Waals surface area contributed by atoms with Crippen LogP contribution in [0.1, 0.15) is 65.9 Å². The van der Waals surface area contributed by atoms with Crippen LogP contribution in [0.15, 0.2) is 18.2 Å². The van der Waals surface area contributed by atoms with Gasteiger partial charge in [-0.05, 0) is 29.9 Å². The van der Waals surface area contributed by atoms with Crippen molar-refractivity contribution in [2.24, 2.45) is 5.41 Å². The van der Waals surface area contributed by atoms with Gasteiger partial charge in [0.15, 0.2) is 0 Å². The van der Waals surface area contributed by atoms with E-state index in [2.05, 4.69) is 46.0 Å². The zero-order valence-electron chi connectivity index (χ0n) is 14.8. The second-order valence-corrected chi connectivity index (χ2v) is 6.99. The molecular formula is C19H31NO2. The zero-order valence-corrected chi connectivity index (χ0v) is 14.8. The van der Waals surface area contributed by atoms with E-state index in [-0.39, 0.29) is 11.3 Å². The molecule has 1 rings (SSSR count). The molecule has 3 heteroatoms. The van der Waals surface area contributed by atoms with Crippen LogP contribution in [-0.2, 0) is 11.2 Å². The van der Waals surface area contributed by atoms with Crippen LogP contribution in [0, 0.1) is 5.41 Å². The highest BCUT2D eigenvalue weighted by molar-refractivity contribution is 5.92. The predicted molar refractivity (Wildman–Crippen MR) is 93.5 cm³/mol. The van der Waals surface area contributed by atoms with E-state index in [1.165, 1.54) is 12.8 Å². The van der Waals surface area contributed by atoms with Crippen molar-refractivity contribution in [1.82, 2.24) is 0 Å². The van der Waals surface area contributed by atoms with E-state index < -0.39 is 0 Å². The lowest BCUT2D eigenvalue weighted by Gasteiger charge is -2.19. The van der Waals surface area contributed by atoms with Gasteiger partial charge in [-0.1, -0.05) is 59.6 Å². The van der Waals surface area contributed by atoms with Crippen LogP contribution in [-0.4, -0.2) is 12.5 Å². The summed E-state index contributed by atoms with van der Waals surface area (Å²) in [5.41, 5.74) is 1.92. The fraction of sp³-hybridized carbons (Fsp3) is 0.632. The fourth-order valence-electron chi connectivity index (χ4n) is 2.33. The minimum absolute atomic E-state index is 0.0192. The summed E-state index contributed by atoms with van der Waals surface area (Å²) in [6, 6.07) is 5.97. The molecular weight excluding hydrogens is 274 g/mol. The lowest BCUT2D eigenvalue weighted by atomic mass is 9.92. The van der Waals surface area contributed by atoms with E-state index in [9.17, 15) is 4.79 Å². The number of unbranched alkanes of at least 4 members (excludes halogenated alkanes) is 2. The van der Waals surface area contributed by atoms with Gasteiger partial charge in [0.1, 0.15) is 5.75 Å². The Morgan fingerprint density at radius 1 is 1.18 bits per heavy atom. The second kappa shape index (κ2) is 8.82. The average Bonchev–Trinajstić information content (AvgIpc) is 2.42. The van der Waals surface area contributed by atoms with Gasteiger partial charge in [0.25, 0.3) is 0 Å². The first-order valence-electron chi connectivity index (χ1n) is 8.42. The molecule has 0 heterocycles. The predicted octanol–water partition coefficient (Wildman–Crippen LogP) is 5.19. The summed E-state index contributed by atoms with van der Waals surface area (Å²) in [4.78, 5) is 12.2. The van der Waals surface area contributed by atoms with Crippen LogP contribution in [0.3, 0.4) is 0 Å². The third-order valence-electron chi connectivity index (χ3n) is 3.44. The van der Waals surface area contributed by atoms with Crippen molar-refractivity contribution >= 4 is 11.6 Å². The number of benzene rings is 1. The van der Waals surface area contributed by atoms with E-state index >= 15 is 0 Å². The number of para-hydroxylation sites is 1. The number of amides is 1. The Bertz CT molecular complexity index is 475. The first-order chi connectivity index (χ1) is 10.4. The van der Waals surface area contributed by atoms with Crippen LogP contribution in [0.4, 0.5) is 5.69 Å². The fourth-order valence-corrected chi connectivity index (χ4v) is 2.33. The van der Waals surface area contributed by atoms with Gasteiger partial charge in [0.2, 0.25) is 5.91 Å². The maximum Gasteiger partial charge on any atom is 0.224 e. The summed E-state index contributed by atoms with van der Waals surface area (Å²) in [6.07, 6.45) is 4.78. The molecule has 0 atom stereocenters. The van der Waals surface area contributed by atoms with Gasteiger partial charge in [0, 0.05) is 6.42 Å². The van der Waals surface area contributed by atoms with Gasteiger partial charge >= 0.3 is 0 Å². The molecule has 124 valence electrons. The second-order valence-electron chi connectivity index (χ2n) is 6.99. The highest BCUT2D eigenvalue weighted by atomic mass is 16.5.